The normalized spacial score (nSPS) is 10.9. The van der Waals surface area contributed by atoms with Crippen molar-refractivity contribution in [3.05, 3.63) is 0 Å². The second kappa shape index (κ2) is 33.4. The molecule has 0 bridgehead atoms. The average Bonchev–Trinajstić information content (AvgIpc) is 2.84. The maximum absolute atomic E-state index is 11.9. The Morgan fingerprint density at radius 2 is 0.657 bits per heavy atom. The second-order valence-corrected chi connectivity index (χ2v) is 10.8. The van der Waals surface area contributed by atoms with E-state index in [1.807, 2.05) is 0 Å². The molecule has 0 aromatic rings. The summed E-state index contributed by atoms with van der Waals surface area (Å²) in [5.74, 6) is 0.0257. The van der Waals surface area contributed by atoms with Gasteiger partial charge in [-0.15, -0.1) is 0 Å². The van der Waals surface area contributed by atoms with E-state index in [9.17, 15) is 4.79 Å². The van der Waals surface area contributed by atoms with Crippen molar-refractivity contribution in [3.8, 4) is 0 Å². The number of carbonyl (C=O) groups is 1. The summed E-state index contributed by atoms with van der Waals surface area (Å²) in [4.78, 5) is 11.9. The molecule has 0 aliphatic carbocycles. The van der Waals surface area contributed by atoms with Crippen molar-refractivity contribution in [2.24, 2.45) is 0 Å². The molecule has 0 aliphatic heterocycles. The summed E-state index contributed by atoms with van der Waals surface area (Å²) >= 11 is 0. The Labute approximate surface area is 221 Å². The van der Waals surface area contributed by atoms with Crippen molar-refractivity contribution >= 4 is 5.97 Å². The third kappa shape index (κ3) is 33.4. The summed E-state index contributed by atoms with van der Waals surface area (Å²) < 4.78 is 5.41. The Morgan fingerprint density at radius 3 is 0.971 bits per heavy atom. The van der Waals surface area contributed by atoms with Crippen LogP contribution in [-0.4, -0.2) is 12.6 Å². The van der Waals surface area contributed by atoms with E-state index in [2.05, 4.69) is 13.8 Å². The lowest BCUT2D eigenvalue weighted by molar-refractivity contribution is -0.143. The SMILES string of the molecule is CCCCCCCCCCCCCCCCCC(=O)OCCCCCCCCCCCCCC.N. The van der Waals surface area contributed by atoms with Crippen LogP contribution in [-0.2, 0) is 9.53 Å². The maximum Gasteiger partial charge on any atom is 0.305 e. The van der Waals surface area contributed by atoms with Gasteiger partial charge in [0.2, 0.25) is 0 Å². The third-order valence-electron chi connectivity index (χ3n) is 7.25. The predicted octanol–water partition coefficient (Wildman–Crippen LogP) is 11.7. The van der Waals surface area contributed by atoms with E-state index in [0.717, 1.165) is 12.8 Å². The zero-order chi connectivity index (χ0) is 24.8. The van der Waals surface area contributed by atoms with Gasteiger partial charge in [-0.2, -0.15) is 0 Å². The number of hydrogen-bond acceptors (Lipinski definition) is 3. The zero-order valence-electron chi connectivity index (χ0n) is 24.5. The van der Waals surface area contributed by atoms with Gasteiger partial charge in [-0.05, 0) is 12.8 Å². The molecular formula is C32H67NO2. The van der Waals surface area contributed by atoms with Crippen LogP contribution < -0.4 is 6.15 Å². The highest BCUT2D eigenvalue weighted by molar-refractivity contribution is 5.69. The number of hydrogen-bond donors (Lipinski definition) is 1. The number of esters is 1. The van der Waals surface area contributed by atoms with Crippen LogP contribution in [0.5, 0.6) is 0 Å². The van der Waals surface area contributed by atoms with Gasteiger partial charge >= 0.3 is 5.97 Å². The minimum Gasteiger partial charge on any atom is -0.466 e. The highest BCUT2D eigenvalue weighted by atomic mass is 16.5. The summed E-state index contributed by atoms with van der Waals surface area (Å²) in [6, 6.07) is 0. The van der Waals surface area contributed by atoms with E-state index >= 15 is 0 Å². The van der Waals surface area contributed by atoms with Crippen molar-refractivity contribution in [2.75, 3.05) is 6.61 Å². The van der Waals surface area contributed by atoms with Crippen LogP contribution in [0, 0.1) is 0 Å². The Bertz CT molecular complexity index is 386. The van der Waals surface area contributed by atoms with Crippen molar-refractivity contribution in [2.45, 2.75) is 194 Å². The molecule has 0 atom stereocenters. The van der Waals surface area contributed by atoms with Gasteiger partial charge in [0.25, 0.3) is 0 Å². The van der Waals surface area contributed by atoms with Crippen LogP contribution in [0.1, 0.15) is 194 Å². The van der Waals surface area contributed by atoms with Gasteiger partial charge in [0.05, 0.1) is 6.61 Å². The Hall–Kier alpha value is -0.570. The van der Waals surface area contributed by atoms with Gasteiger partial charge < -0.3 is 10.9 Å². The van der Waals surface area contributed by atoms with E-state index in [4.69, 9.17) is 4.74 Å². The van der Waals surface area contributed by atoms with Crippen LogP contribution in [0.15, 0.2) is 0 Å². The molecule has 0 fully saturated rings. The van der Waals surface area contributed by atoms with E-state index in [1.54, 1.807) is 0 Å². The molecule has 0 aliphatic rings. The van der Waals surface area contributed by atoms with Crippen LogP contribution >= 0.6 is 0 Å². The summed E-state index contributed by atoms with van der Waals surface area (Å²) in [6.07, 6.45) is 37.2. The second-order valence-electron chi connectivity index (χ2n) is 10.8. The van der Waals surface area contributed by atoms with Crippen LogP contribution in [0.3, 0.4) is 0 Å². The fourth-order valence-corrected chi connectivity index (χ4v) is 4.84. The van der Waals surface area contributed by atoms with Crippen LogP contribution in [0.25, 0.3) is 0 Å². The lowest BCUT2D eigenvalue weighted by Crippen LogP contribution is -2.05. The highest BCUT2D eigenvalue weighted by Crippen LogP contribution is 2.14. The molecule has 3 heteroatoms. The first-order valence-corrected chi connectivity index (χ1v) is 16.0. The molecule has 0 rings (SSSR count). The minimum absolute atomic E-state index is 0. The van der Waals surface area contributed by atoms with E-state index in [1.165, 1.54) is 161 Å². The number of unbranched alkanes of at least 4 members (excludes halogenated alkanes) is 25. The molecule has 0 aromatic heterocycles. The smallest absolute Gasteiger partial charge is 0.305 e. The van der Waals surface area contributed by atoms with Crippen molar-refractivity contribution in [1.29, 1.82) is 0 Å². The largest absolute Gasteiger partial charge is 0.466 e. The number of ether oxygens (including phenoxy) is 1. The molecule has 0 saturated carbocycles. The van der Waals surface area contributed by atoms with E-state index in [-0.39, 0.29) is 12.1 Å². The molecule has 0 amide bonds. The summed E-state index contributed by atoms with van der Waals surface area (Å²) in [5, 5.41) is 0. The van der Waals surface area contributed by atoms with Gasteiger partial charge in [0, 0.05) is 6.42 Å². The number of carbonyl (C=O) groups excluding carboxylic acids is 1. The summed E-state index contributed by atoms with van der Waals surface area (Å²) in [6.45, 7) is 5.20. The van der Waals surface area contributed by atoms with Gasteiger partial charge in [-0.1, -0.05) is 174 Å². The van der Waals surface area contributed by atoms with E-state index < -0.39 is 0 Å². The van der Waals surface area contributed by atoms with Crippen molar-refractivity contribution in [1.82, 2.24) is 6.15 Å². The molecule has 0 spiro atoms. The summed E-state index contributed by atoms with van der Waals surface area (Å²) in [5.41, 5.74) is 0. The Balaban J connectivity index is 0. The zero-order valence-corrected chi connectivity index (χ0v) is 24.5. The molecule has 0 unspecified atom stereocenters. The molecule has 3 nitrogen and oxygen atoms in total. The first-order chi connectivity index (χ1) is 16.8. The molecule has 0 aromatic carbocycles. The van der Waals surface area contributed by atoms with Gasteiger partial charge in [-0.25, -0.2) is 0 Å². The lowest BCUT2D eigenvalue weighted by Gasteiger charge is -2.06. The van der Waals surface area contributed by atoms with Crippen molar-refractivity contribution < 1.29 is 9.53 Å². The molecule has 3 N–H and O–H groups in total. The minimum atomic E-state index is 0. The monoisotopic (exact) mass is 498 g/mol. The quantitative estimate of drug-likeness (QED) is 0.0825. The van der Waals surface area contributed by atoms with Crippen molar-refractivity contribution in [3.63, 3.8) is 0 Å². The molecule has 212 valence electrons. The average molecular weight is 498 g/mol. The van der Waals surface area contributed by atoms with E-state index in [0.29, 0.717) is 13.0 Å². The topological polar surface area (TPSA) is 61.3 Å². The Morgan fingerprint density at radius 1 is 0.400 bits per heavy atom. The van der Waals surface area contributed by atoms with Gasteiger partial charge in [0.15, 0.2) is 0 Å². The van der Waals surface area contributed by atoms with Crippen LogP contribution in [0.4, 0.5) is 0 Å². The molecule has 0 heterocycles. The van der Waals surface area contributed by atoms with Gasteiger partial charge in [-0.3, -0.25) is 4.79 Å². The summed E-state index contributed by atoms with van der Waals surface area (Å²) in [7, 11) is 0. The standard InChI is InChI=1S/C32H64O2.H3N/c1-3-5-7-9-11-13-15-17-18-19-20-22-24-26-28-30-32(33)34-31-29-27-25-23-21-16-14-12-10-8-6-4-2;/h3-31H2,1-2H3;1H3. The predicted molar refractivity (Wildman–Crippen MR) is 157 cm³/mol. The first-order valence-electron chi connectivity index (χ1n) is 16.0. The highest BCUT2D eigenvalue weighted by Gasteiger charge is 2.02. The first kappa shape index (κ1) is 36.6. The number of rotatable bonds is 29. The maximum atomic E-state index is 11.9. The Kier molecular flexibility index (Phi) is 34.9. The molecule has 0 radical (unpaired) electrons. The molecular weight excluding hydrogens is 430 g/mol. The fourth-order valence-electron chi connectivity index (χ4n) is 4.84. The van der Waals surface area contributed by atoms with Crippen LogP contribution in [0.2, 0.25) is 0 Å². The fraction of sp³-hybridized carbons (Fsp3) is 0.969. The van der Waals surface area contributed by atoms with Gasteiger partial charge in [0.1, 0.15) is 0 Å². The third-order valence-corrected chi connectivity index (χ3v) is 7.25. The molecule has 0 saturated heterocycles. The lowest BCUT2D eigenvalue weighted by atomic mass is 10.0. The molecule has 35 heavy (non-hydrogen) atoms.